The molecule has 0 spiro atoms. The van der Waals surface area contributed by atoms with E-state index >= 15 is 0 Å². The van der Waals surface area contributed by atoms with E-state index in [1.165, 1.54) is 6.07 Å². The zero-order chi connectivity index (χ0) is 24.4. The van der Waals surface area contributed by atoms with E-state index in [1.54, 1.807) is 38.1 Å². The van der Waals surface area contributed by atoms with Crippen molar-refractivity contribution in [3.05, 3.63) is 89.3 Å². The van der Waals surface area contributed by atoms with Crippen LogP contribution in [0.25, 0.3) is 0 Å². The van der Waals surface area contributed by atoms with Crippen molar-refractivity contribution in [2.24, 2.45) is 0 Å². The number of aromatic carboxylic acids is 1. The number of hydrogen-bond acceptors (Lipinski definition) is 5. The highest BCUT2D eigenvalue weighted by molar-refractivity contribution is 9.10. The number of halogens is 2. The molecule has 0 amide bonds. The predicted molar refractivity (Wildman–Crippen MR) is 129 cm³/mol. The lowest BCUT2D eigenvalue weighted by Gasteiger charge is -2.34. The van der Waals surface area contributed by atoms with E-state index < -0.39 is 17.5 Å². The third-order valence-electron chi connectivity index (χ3n) is 6.52. The highest BCUT2D eigenvalue weighted by Crippen LogP contribution is 2.53. The Labute approximate surface area is 207 Å². The second-order valence-electron chi connectivity index (χ2n) is 8.11. The van der Waals surface area contributed by atoms with E-state index in [0.29, 0.717) is 47.9 Å². The molecule has 170 valence electrons. The van der Waals surface area contributed by atoms with Crippen LogP contribution in [-0.2, 0) is 10.3 Å². The maximum Gasteiger partial charge on any atom is 0.341 e. The molecule has 0 aliphatic carbocycles. The summed E-state index contributed by atoms with van der Waals surface area (Å²) in [5.41, 5.74) is 2.37. The lowest BCUT2D eigenvalue weighted by molar-refractivity contribution is 0.0245. The summed E-state index contributed by atoms with van der Waals surface area (Å²) in [7, 11) is 0. The number of carbonyl (C=O) groups excluding carboxylic acids is 1. The van der Waals surface area contributed by atoms with E-state index in [2.05, 4.69) is 31.9 Å². The van der Waals surface area contributed by atoms with Gasteiger partial charge in [-0.05, 0) is 100 Å². The van der Waals surface area contributed by atoms with E-state index in [-0.39, 0.29) is 22.6 Å². The summed E-state index contributed by atoms with van der Waals surface area (Å²) in [6.45, 7) is 7.12. The van der Waals surface area contributed by atoms with Crippen LogP contribution >= 0.6 is 31.9 Å². The molecule has 3 aromatic rings. The predicted octanol–water partition coefficient (Wildman–Crippen LogP) is 6.02. The monoisotopic (exact) mass is 574 g/mol. The molecule has 33 heavy (non-hydrogen) atoms. The average Bonchev–Trinajstić information content (AvgIpc) is 3.08. The molecular weight excluding hydrogens is 556 g/mol. The summed E-state index contributed by atoms with van der Waals surface area (Å²) >= 11 is 6.79. The highest BCUT2D eigenvalue weighted by atomic mass is 79.9. The first-order chi connectivity index (χ1) is 15.4. The number of aromatic hydroxyl groups is 2. The molecule has 6 nitrogen and oxygen atoms in total. The van der Waals surface area contributed by atoms with Crippen LogP contribution in [0.4, 0.5) is 0 Å². The largest absolute Gasteiger partial charge is 0.506 e. The molecule has 1 heterocycles. The lowest BCUT2D eigenvalue weighted by atomic mass is 9.74. The maximum atomic E-state index is 13.2. The van der Waals surface area contributed by atoms with Gasteiger partial charge in [-0.3, -0.25) is 0 Å². The summed E-state index contributed by atoms with van der Waals surface area (Å²) in [5.74, 6) is -1.87. The molecule has 0 fully saturated rings. The second kappa shape index (κ2) is 7.88. The van der Waals surface area contributed by atoms with Crippen LogP contribution in [-0.4, -0.2) is 27.3 Å². The molecule has 8 heteroatoms. The number of cyclic esters (lactones) is 1. The van der Waals surface area contributed by atoms with E-state index in [0.717, 1.165) is 0 Å². The summed E-state index contributed by atoms with van der Waals surface area (Å²) < 4.78 is 6.95. The van der Waals surface area contributed by atoms with E-state index in [1.807, 2.05) is 13.8 Å². The first kappa shape index (κ1) is 23.3. The number of carboxylic acids is 1. The molecule has 1 aliphatic rings. The molecule has 0 unspecified atom stereocenters. The van der Waals surface area contributed by atoms with Gasteiger partial charge in [0.1, 0.15) is 11.5 Å². The number of rotatable bonds is 3. The third kappa shape index (κ3) is 3.19. The van der Waals surface area contributed by atoms with Gasteiger partial charge in [0.05, 0.1) is 20.1 Å². The summed E-state index contributed by atoms with van der Waals surface area (Å²) in [5, 5.41) is 30.7. The van der Waals surface area contributed by atoms with Crippen molar-refractivity contribution in [2.75, 3.05) is 0 Å². The normalized spacial score (nSPS) is 14.2. The number of benzene rings is 3. The summed E-state index contributed by atoms with van der Waals surface area (Å²) in [4.78, 5) is 25.2. The minimum absolute atomic E-state index is 0.0208. The van der Waals surface area contributed by atoms with Crippen LogP contribution in [0.3, 0.4) is 0 Å². The number of phenolic OH excluding ortho intramolecular Hbond substituents is 2. The number of hydrogen-bond donors (Lipinski definition) is 3. The van der Waals surface area contributed by atoms with Crippen LogP contribution in [0.15, 0.2) is 39.3 Å². The van der Waals surface area contributed by atoms with Crippen LogP contribution < -0.4 is 0 Å². The zero-order valence-corrected chi connectivity index (χ0v) is 21.4. The highest BCUT2D eigenvalue weighted by Gasteiger charge is 2.52. The van der Waals surface area contributed by atoms with Crippen molar-refractivity contribution < 1.29 is 29.6 Å². The smallest absolute Gasteiger partial charge is 0.341 e. The molecular formula is C25H20Br2O6. The Morgan fingerprint density at radius 3 is 1.79 bits per heavy atom. The van der Waals surface area contributed by atoms with Gasteiger partial charge in [-0.25, -0.2) is 9.59 Å². The van der Waals surface area contributed by atoms with Crippen LogP contribution in [0, 0.1) is 27.7 Å². The molecule has 0 bridgehead atoms. The fourth-order valence-corrected chi connectivity index (χ4v) is 5.54. The Hall–Kier alpha value is -2.84. The topological polar surface area (TPSA) is 104 Å². The Bertz CT molecular complexity index is 1310. The molecule has 3 N–H and O–H groups in total. The molecule has 0 saturated heterocycles. The van der Waals surface area contributed by atoms with Gasteiger partial charge in [0, 0.05) is 16.7 Å². The number of phenols is 2. The summed E-state index contributed by atoms with van der Waals surface area (Å²) in [6, 6.07) is 7.99. The standard InChI is InChI=1S/C25H20Br2O6/c1-10-12(3)21(28)18(26)8-16(10)25(17-9-19(27)22(29)13(4)11(17)2)15-7-5-6-14(23(30)31)20(15)24(32)33-25/h5-9,28-29H,1-4H3,(H,30,31). The lowest BCUT2D eigenvalue weighted by Crippen LogP contribution is -2.32. The fourth-order valence-electron chi connectivity index (χ4n) is 4.49. The molecule has 0 saturated carbocycles. The minimum Gasteiger partial charge on any atom is -0.506 e. The Morgan fingerprint density at radius 1 is 0.848 bits per heavy atom. The number of fused-ring (bicyclic) bond motifs is 1. The Morgan fingerprint density at radius 2 is 1.33 bits per heavy atom. The van der Waals surface area contributed by atoms with Gasteiger partial charge in [-0.1, -0.05) is 12.1 Å². The van der Waals surface area contributed by atoms with Gasteiger partial charge in [-0.15, -0.1) is 0 Å². The summed E-state index contributed by atoms with van der Waals surface area (Å²) in [6.07, 6.45) is 0. The molecule has 3 aromatic carbocycles. The molecule has 4 rings (SSSR count). The van der Waals surface area contributed by atoms with Crippen molar-refractivity contribution in [1.29, 1.82) is 0 Å². The first-order valence-electron chi connectivity index (χ1n) is 10.0. The maximum absolute atomic E-state index is 13.2. The number of carboxylic acid groups (broad SMARTS) is 1. The quantitative estimate of drug-likeness (QED) is 0.330. The van der Waals surface area contributed by atoms with Crippen molar-refractivity contribution in [3.63, 3.8) is 0 Å². The molecule has 0 radical (unpaired) electrons. The van der Waals surface area contributed by atoms with Crippen molar-refractivity contribution in [3.8, 4) is 11.5 Å². The van der Waals surface area contributed by atoms with Gasteiger partial charge >= 0.3 is 11.9 Å². The first-order valence-corrected chi connectivity index (χ1v) is 11.6. The van der Waals surface area contributed by atoms with E-state index in [9.17, 15) is 24.9 Å². The molecule has 0 atom stereocenters. The van der Waals surface area contributed by atoms with Gasteiger partial charge in [-0.2, -0.15) is 0 Å². The number of ether oxygens (including phenoxy) is 1. The minimum atomic E-state index is -1.51. The Balaban J connectivity index is 2.25. The average molecular weight is 576 g/mol. The molecule has 0 aromatic heterocycles. The SMILES string of the molecule is Cc1c(C2(c3cc(Br)c(O)c(C)c3C)OC(=O)c3c(C(=O)O)cccc32)cc(Br)c(O)c1C. The Kier molecular flexibility index (Phi) is 5.57. The van der Waals surface area contributed by atoms with Gasteiger partial charge in [0.2, 0.25) is 0 Å². The number of esters is 1. The van der Waals surface area contributed by atoms with Gasteiger partial charge in [0.15, 0.2) is 5.60 Å². The van der Waals surface area contributed by atoms with Crippen LogP contribution in [0.1, 0.15) is 59.7 Å². The van der Waals surface area contributed by atoms with Gasteiger partial charge in [0.25, 0.3) is 0 Å². The van der Waals surface area contributed by atoms with Crippen LogP contribution in [0.5, 0.6) is 11.5 Å². The van der Waals surface area contributed by atoms with Crippen molar-refractivity contribution in [1.82, 2.24) is 0 Å². The van der Waals surface area contributed by atoms with Crippen LogP contribution in [0.2, 0.25) is 0 Å². The van der Waals surface area contributed by atoms with Crippen molar-refractivity contribution >= 4 is 43.8 Å². The number of carbonyl (C=O) groups is 2. The van der Waals surface area contributed by atoms with Gasteiger partial charge < -0.3 is 20.1 Å². The van der Waals surface area contributed by atoms with E-state index in [4.69, 9.17) is 4.74 Å². The fraction of sp³-hybridized carbons (Fsp3) is 0.200. The third-order valence-corrected chi connectivity index (χ3v) is 7.73. The zero-order valence-electron chi connectivity index (χ0n) is 18.2. The molecule has 1 aliphatic heterocycles. The van der Waals surface area contributed by atoms with Crippen molar-refractivity contribution in [2.45, 2.75) is 33.3 Å². The second-order valence-corrected chi connectivity index (χ2v) is 9.82.